The minimum atomic E-state index is -5.10. The van der Waals surface area contributed by atoms with Crippen LogP contribution in [0, 0.1) is 0 Å². The molecule has 0 aliphatic heterocycles. The van der Waals surface area contributed by atoms with Crippen LogP contribution < -0.4 is 10.6 Å². The third kappa shape index (κ3) is 8.73. The number of aryl methyl sites for hydroxylation is 1. The number of carbonyl (C=O) groups is 3. The molecule has 0 aliphatic rings. The van der Waals surface area contributed by atoms with E-state index in [2.05, 4.69) is 10.3 Å². The second-order valence-corrected chi connectivity index (χ2v) is 6.85. The maximum Gasteiger partial charge on any atom is 0.471 e. The number of alkyl halides is 3. The van der Waals surface area contributed by atoms with Crippen molar-refractivity contribution in [1.29, 1.82) is 0 Å². The summed E-state index contributed by atoms with van der Waals surface area (Å²) in [7, 11) is 0. The largest absolute Gasteiger partial charge is 0.476 e. The normalized spacial score (nSPS) is 12.9. The van der Waals surface area contributed by atoms with Crippen molar-refractivity contribution < 1.29 is 41.8 Å². The number of nitrogens with zero attached hydrogens (tertiary/aromatic N) is 1. The van der Waals surface area contributed by atoms with Gasteiger partial charge in [-0.25, -0.2) is 14.6 Å². The lowest BCUT2D eigenvalue weighted by atomic mass is 10.1. The van der Waals surface area contributed by atoms with E-state index in [1.807, 2.05) is 0 Å². The van der Waals surface area contributed by atoms with E-state index in [1.165, 1.54) is 0 Å². The highest BCUT2D eigenvalue weighted by Crippen LogP contribution is 2.16. The number of carboxylic acid groups (broad SMARTS) is 1. The number of aromatic carboxylic acids is 1. The first kappa shape index (κ1) is 23.2. The summed E-state index contributed by atoms with van der Waals surface area (Å²) in [6.07, 6.45) is -5.53. The molecule has 158 valence electrons. The number of alkyl carbamates (subject to hydrolysis) is 1. The number of amides is 2. The molecule has 1 aromatic heterocycles. The number of hydrogen-bond donors (Lipinski definition) is 3. The zero-order chi connectivity index (χ0) is 21.5. The Hall–Kier alpha value is -2.79. The van der Waals surface area contributed by atoms with Crippen molar-refractivity contribution in [2.45, 2.75) is 64.4 Å². The van der Waals surface area contributed by atoms with Gasteiger partial charge in [-0.05, 0) is 40.0 Å². The highest BCUT2D eigenvalue weighted by molar-refractivity contribution is 5.84. The van der Waals surface area contributed by atoms with Crippen molar-refractivity contribution in [3.05, 3.63) is 17.8 Å². The number of hydrogen-bond acceptors (Lipinski definition) is 6. The lowest BCUT2D eigenvalue weighted by Crippen LogP contribution is -2.52. The van der Waals surface area contributed by atoms with Crippen LogP contribution >= 0.6 is 0 Å². The van der Waals surface area contributed by atoms with E-state index >= 15 is 0 Å². The van der Waals surface area contributed by atoms with Crippen molar-refractivity contribution in [2.75, 3.05) is 0 Å². The predicted octanol–water partition coefficient (Wildman–Crippen LogP) is 2.61. The molecule has 0 fully saturated rings. The molecule has 2 amide bonds. The third-order valence-electron chi connectivity index (χ3n) is 3.16. The van der Waals surface area contributed by atoms with E-state index in [4.69, 9.17) is 14.3 Å². The molecule has 0 saturated carbocycles. The molecule has 28 heavy (non-hydrogen) atoms. The number of oxazole rings is 1. The Kier molecular flexibility index (Phi) is 7.82. The van der Waals surface area contributed by atoms with Gasteiger partial charge in [0.15, 0.2) is 11.6 Å². The molecule has 1 heterocycles. The summed E-state index contributed by atoms with van der Waals surface area (Å²) >= 11 is 0. The Morgan fingerprint density at radius 3 is 2.36 bits per heavy atom. The first-order valence-electron chi connectivity index (χ1n) is 8.33. The Balaban J connectivity index is 2.59. The highest BCUT2D eigenvalue weighted by atomic mass is 19.4. The summed E-state index contributed by atoms with van der Waals surface area (Å²) < 4.78 is 47.3. The van der Waals surface area contributed by atoms with Crippen LogP contribution in [0.1, 0.15) is 56.4 Å². The molecule has 1 unspecified atom stereocenters. The third-order valence-corrected chi connectivity index (χ3v) is 3.16. The van der Waals surface area contributed by atoms with Crippen LogP contribution in [-0.2, 0) is 16.0 Å². The summed E-state index contributed by atoms with van der Waals surface area (Å²) in [4.78, 5) is 37.4. The Labute approximate surface area is 158 Å². The van der Waals surface area contributed by atoms with E-state index in [0.717, 1.165) is 6.26 Å². The summed E-state index contributed by atoms with van der Waals surface area (Å²) in [6, 6.07) is 0. The maximum atomic E-state index is 12.5. The zero-order valence-electron chi connectivity index (χ0n) is 15.6. The number of carboxylic acids is 1. The van der Waals surface area contributed by atoms with Crippen molar-refractivity contribution in [2.24, 2.45) is 0 Å². The van der Waals surface area contributed by atoms with Gasteiger partial charge in [0, 0.05) is 6.42 Å². The van der Waals surface area contributed by atoms with Crippen LogP contribution in [0.25, 0.3) is 0 Å². The molecule has 0 spiro atoms. The average molecular weight is 409 g/mol. The fourth-order valence-electron chi connectivity index (χ4n) is 2.02. The molecule has 9 nitrogen and oxygen atoms in total. The van der Waals surface area contributed by atoms with Crippen molar-refractivity contribution in [1.82, 2.24) is 15.6 Å². The summed E-state index contributed by atoms with van der Waals surface area (Å²) in [6.45, 7) is 4.74. The molecule has 0 aromatic carbocycles. The number of ether oxygens (including phenoxy) is 1. The molecule has 0 aliphatic carbocycles. The smallest absolute Gasteiger partial charge is 0.471 e. The maximum absolute atomic E-state index is 12.5. The number of nitrogens with one attached hydrogen (secondary N) is 2. The Morgan fingerprint density at radius 2 is 1.86 bits per heavy atom. The molecular weight excluding hydrogens is 387 g/mol. The zero-order valence-corrected chi connectivity index (χ0v) is 15.6. The van der Waals surface area contributed by atoms with Crippen LogP contribution in [0.5, 0.6) is 0 Å². The summed E-state index contributed by atoms with van der Waals surface area (Å²) in [5.41, 5.74) is -1.12. The van der Waals surface area contributed by atoms with Crippen molar-refractivity contribution >= 4 is 18.0 Å². The van der Waals surface area contributed by atoms with Gasteiger partial charge in [-0.1, -0.05) is 0 Å². The van der Waals surface area contributed by atoms with Gasteiger partial charge in [-0.2, -0.15) is 13.2 Å². The topological polar surface area (TPSA) is 131 Å². The first-order chi connectivity index (χ1) is 12.8. The van der Waals surface area contributed by atoms with Crippen molar-refractivity contribution in [3.8, 4) is 0 Å². The Bertz CT molecular complexity index is 697. The van der Waals surface area contributed by atoms with Crippen LogP contribution in [0.2, 0.25) is 0 Å². The van der Waals surface area contributed by atoms with E-state index < -0.39 is 35.9 Å². The summed E-state index contributed by atoms with van der Waals surface area (Å²) in [5.74, 6) is -3.27. The van der Waals surface area contributed by atoms with Gasteiger partial charge in [-0.15, -0.1) is 0 Å². The van der Waals surface area contributed by atoms with Crippen LogP contribution in [-0.4, -0.2) is 46.0 Å². The quantitative estimate of drug-likeness (QED) is 0.444. The van der Waals surface area contributed by atoms with E-state index in [9.17, 15) is 27.6 Å². The fraction of sp³-hybridized carbons (Fsp3) is 0.625. The van der Waals surface area contributed by atoms with Crippen molar-refractivity contribution in [3.63, 3.8) is 0 Å². The summed E-state index contributed by atoms with van der Waals surface area (Å²) in [5, 5.41) is 12.6. The second-order valence-electron chi connectivity index (χ2n) is 6.85. The number of unbranched alkanes of at least 4 members (excludes halogenated alkanes) is 1. The van der Waals surface area contributed by atoms with E-state index in [-0.39, 0.29) is 30.8 Å². The van der Waals surface area contributed by atoms with Gasteiger partial charge in [0.1, 0.15) is 18.0 Å². The Morgan fingerprint density at radius 1 is 1.21 bits per heavy atom. The van der Waals surface area contributed by atoms with Gasteiger partial charge < -0.3 is 24.9 Å². The lowest BCUT2D eigenvalue weighted by Gasteiger charge is -2.24. The molecule has 0 radical (unpaired) electrons. The van der Waals surface area contributed by atoms with Crippen LogP contribution in [0.3, 0.4) is 0 Å². The average Bonchev–Trinajstić information content (AvgIpc) is 2.97. The van der Waals surface area contributed by atoms with Gasteiger partial charge in [-0.3, -0.25) is 4.79 Å². The number of halogens is 3. The number of carbonyl (C=O) groups excluding carboxylic acids is 2. The number of rotatable bonds is 8. The molecule has 1 atom stereocenters. The predicted molar refractivity (Wildman–Crippen MR) is 88.4 cm³/mol. The second kappa shape index (κ2) is 9.42. The minimum absolute atomic E-state index is 0.0203. The van der Waals surface area contributed by atoms with Gasteiger partial charge in [0.05, 0.1) is 0 Å². The van der Waals surface area contributed by atoms with Gasteiger partial charge in [0.2, 0.25) is 0 Å². The number of aromatic nitrogens is 1. The van der Waals surface area contributed by atoms with E-state index in [1.54, 1.807) is 26.1 Å². The van der Waals surface area contributed by atoms with Crippen LogP contribution in [0.4, 0.5) is 18.0 Å². The SMILES string of the molecule is CC(C)(C)OC(=O)NC(CCCCc1nc(C(=O)O)co1)NC(=O)C(F)(F)F. The molecule has 12 heteroatoms. The fourth-order valence-corrected chi connectivity index (χ4v) is 2.02. The molecule has 0 bridgehead atoms. The lowest BCUT2D eigenvalue weighted by molar-refractivity contribution is -0.174. The first-order valence-corrected chi connectivity index (χ1v) is 8.33. The molecule has 0 saturated heterocycles. The molecule has 3 N–H and O–H groups in total. The standard InChI is InChI=1S/C16H22F3N3O6/c1-15(2,3)28-14(26)22-10(21-13(25)16(17,18)19)6-4-5-7-11-20-9(8-27-11)12(23)24/h8,10H,4-7H2,1-3H3,(H,21,25)(H,22,26)(H,23,24). The molecule has 1 rings (SSSR count). The van der Waals surface area contributed by atoms with E-state index in [0.29, 0.717) is 6.42 Å². The monoisotopic (exact) mass is 409 g/mol. The van der Waals surface area contributed by atoms with Gasteiger partial charge in [0.25, 0.3) is 0 Å². The van der Waals surface area contributed by atoms with Gasteiger partial charge >= 0.3 is 24.1 Å². The molecule has 1 aromatic rings. The van der Waals surface area contributed by atoms with Crippen LogP contribution in [0.15, 0.2) is 10.7 Å². The minimum Gasteiger partial charge on any atom is -0.476 e. The highest BCUT2D eigenvalue weighted by Gasteiger charge is 2.40. The molecular formula is C16H22F3N3O6.